The van der Waals surface area contributed by atoms with Gasteiger partial charge >= 0.3 is 0 Å². The number of carbonyl (C=O) groups is 1. The Bertz CT molecular complexity index is 604. The quantitative estimate of drug-likeness (QED) is 0.918. The van der Waals surface area contributed by atoms with Crippen LogP contribution in [0.4, 0.5) is 10.1 Å². The molecule has 0 saturated heterocycles. The van der Waals surface area contributed by atoms with Gasteiger partial charge in [0, 0.05) is 11.6 Å². The predicted molar refractivity (Wildman–Crippen MR) is 78.9 cm³/mol. The van der Waals surface area contributed by atoms with Gasteiger partial charge in [-0.2, -0.15) is 0 Å². The lowest BCUT2D eigenvalue weighted by molar-refractivity contribution is -0.126. The molecule has 0 unspecified atom stereocenters. The fourth-order valence-electron chi connectivity index (χ4n) is 1.81. The molecule has 1 N–H and O–H groups in total. The van der Waals surface area contributed by atoms with E-state index in [1.165, 1.54) is 19.2 Å². The maximum absolute atomic E-state index is 13.7. The number of carbonyl (C=O) groups excluding carboxylic acids is 1. The Balaban J connectivity index is 2.18. The van der Waals surface area contributed by atoms with Gasteiger partial charge in [0.2, 0.25) is 0 Å². The third kappa shape index (κ3) is 3.43. The number of nitrogens with one attached hydrogen (secondary N) is 1. The highest BCUT2D eigenvalue weighted by Gasteiger charge is 2.20. The van der Waals surface area contributed by atoms with Crippen molar-refractivity contribution in [3.05, 3.63) is 64.4 Å². The van der Waals surface area contributed by atoms with Crippen molar-refractivity contribution >= 4 is 27.5 Å². The van der Waals surface area contributed by atoms with Gasteiger partial charge in [-0.15, -0.1) is 0 Å². The molecule has 2 rings (SSSR count). The standard InChI is InChI=1S/C15H13BrFNO2/c1-20-14(10-5-3-2-4-6-10)15(19)18-13-8-7-11(16)9-12(13)17/h2-9,14H,1H3,(H,18,19)/t14-/m1/s1. The SMILES string of the molecule is CO[C@@H](C(=O)Nc1ccc(Br)cc1F)c1ccccc1. The summed E-state index contributed by atoms with van der Waals surface area (Å²) < 4.78 is 19.5. The maximum Gasteiger partial charge on any atom is 0.258 e. The summed E-state index contributed by atoms with van der Waals surface area (Å²) in [7, 11) is 1.44. The zero-order valence-corrected chi connectivity index (χ0v) is 12.4. The predicted octanol–water partition coefficient (Wildman–Crippen LogP) is 3.91. The van der Waals surface area contributed by atoms with E-state index >= 15 is 0 Å². The summed E-state index contributed by atoms with van der Waals surface area (Å²) >= 11 is 3.16. The molecule has 1 atom stereocenters. The number of methoxy groups -OCH3 is 1. The molecule has 104 valence electrons. The van der Waals surface area contributed by atoms with E-state index in [1.54, 1.807) is 18.2 Å². The number of anilines is 1. The van der Waals surface area contributed by atoms with Crippen molar-refractivity contribution < 1.29 is 13.9 Å². The fraction of sp³-hybridized carbons (Fsp3) is 0.133. The second kappa shape index (κ2) is 6.63. The number of amides is 1. The van der Waals surface area contributed by atoms with Gasteiger partial charge in [0.1, 0.15) is 5.82 Å². The average molecular weight is 338 g/mol. The molecule has 0 saturated carbocycles. The van der Waals surface area contributed by atoms with Crippen molar-refractivity contribution in [1.29, 1.82) is 0 Å². The Kier molecular flexibility index (Phi) is 4.87. The first-order chi connectivity index (χ1) is 9.61. The van der Waals surface area contributed by atoms with Gasteiger partial charge in [0.25, 0.3) is 5.91 Å². The van der Waals surface area contributed by atoms with Crippen LogP contribution in [-0.2, 0) is 9.53 Å². The molecule has 0 fully saturated rings. The molecule has 0 heterocycles. The van der Waals surface area contributed by atoms with Crippen LogP contribution in [0.1, 0.15) is 11.7 Å². The maximum atomic E-state index is 13.7. The van der Waals surface area contributed by atoms with E-state index in [0.29, 0.717) is 10.0 Å². The van der Waals surface area contributed by atoms with Gasteiger partial charge in [-0.25, -0.2) is 4.39 Å². The van der Waals surface area contributed by atoms with Gasteiger partial charge < -0.3 is 10.1 Å². The van der Waals surface area contributed by atoms with Crippen LogP contribution in [0, 0.1) is 5.82 Å². The number of rotatable bonds is 4. The molecule has 0 radical (unpaired) electrons. The molecule has 0 spiro atoms. The molecule has 0 aliphatic carbocycles. The Labute approximate surface area is 124 Å². The third-order valence-electron chi connectivity index (χ3n) is 2.77. The monoisotopic (exact) mass is 337 g/mol. The third-order valence-corrected chi connectivity index (χ3v) is 3.26. The van der Waals surface area contributed by atoms with Crippen molar-refractivity contribution in [2.24, 2.45) is 0 Å². The molecular weight excluding hydrogens is 325 g/mol. The topological polar surface area (TPSA) is 38.3 Å². The van der Waals surface area contributed by atoms with Crippen LogP contribution < -0.4 is 5.32 Å². The summed E-state index contributed by atoms with van der Waals surface area (Å²) in [4.78, 5) is 12.2. The van der Waals surface area contributed by atoms with Crippen molar-refractivity contribution in [3.8, 4) is 0 Å². The molecule has 20 heavy (non-hydrogen) atoms. The summed E-state index contributed by atoms with van der Waals surface area (Å²) in [6, 6.07) is 13.5. The Morgan fingerprint density at radius 2 is 1.95 bits per heavy atom. The van der Waals surface area contributed by atoms with Crippen molar-refractivity contribution in [1.82, 2.24) is 0 Å². The lowest BCUT2D eigenvalue weighted by Crippen LogP contribution is -2.23. The Morgan fingerprint density at radius 1 is 1.25 bits per heavy atom. The van der Waals surface area contributed by atoms with Crippen LogP contribution in [0.25, 0.3) is 0 Å². The number of benzene rings is 2. The number of hydrogen-bond acceptors (Lipinski definition) is 2. The normalized spacial score (nSPS) is 11.9. The van der Waals surface area contributed by atoms with Gasteiger partial charge in [-0.3, -0.25) is 4.79 Å². The first-order valence-electron chi connectivity index (χ1n) is 5.95. The summed E-state index contributed by atoms with van der Waals surface area (Å²) in [5.74, 6) is -0.921. The van der Waals surface area contributed by atoms with E-state index in [4.69, 9.17) is 4.74 Å². The van der Waals surface area contributed by atoms with E-state index in [9.17, 15) is 9.18 Å². The first-order valence-corrected chi connectivity index (χ1v) is 6.75. The van der Waals surface area contributed by atoms with Gasteiger partial charge in [-0.1, -0.05) is 46.3 Å². The van der Waals surface area contributed by atoms with Crippen LogP contribution >= 0.6 is 15.9 Å². The second-order valence-electron chi connectivity index (χ2n) is 4.14. The molecule has 3 nitrogen and oxygen atoms in total. The first kappa shape index (κ1) is 14.7. The van der Waals surface area contributed by atoms with E-state index in [1.807, 2.05) is 18.2 Å². The van der Waals surface area contributed by atoms with Crippen molar-refractivity contribution in [3.63, 3.8) is 0 Å². The van der Waals surface area contributed by atoms with E-state index in [0.717, 1.165) is 0 Å². The van der Waals surface area contributed by atoms with E-state index < -0.39 is 17.8 Å². The molecule has 0 aliphatic heterocycles. The highest BCUT2D eigenvalue weighted by Crippen LogP contribution is 2.22. The molecule has 1 amide bonds. The van der Waals surface area contributed by atoms with Crippen LogP contribution in [0.3, 0.4) is 0 Å². The molecule has 0 aliphatic rings. The van der Waals surface area contributed by atoms with Gasteiger partial charge in [0.15, 0.2) is 6.10 Å². The van der Waals surface area contributed by atoms with Gasteiger partial charge in [-0.05, 0) is 23.8 Å². The lowest BCUT2D eigenvalue weighted by atomic mass is 10.1. The van der Waals surface area contributed by atoms with Crippen LogP contribution in [0.5, 0.6) is 0 Å². The molecule has 0 bridgehead atoms. The highest BCUT2D eigenvalue weighted by atomic mass is 79.9. The molecule has 2 aromatic carbocycles. The second-order valence-corrected chi connectivity index (χ2v) is 5.06. The smallest absolute Gasteiger partial charge is 0.258 e. The zero-order chi connectivity index (χ0) is 14.5. The number of ether oxygens (including phenoxy) is 1. The minimum atomic E-state index is -0.778. The minimum absolute atomic E-state index is 0.121. The Morgan fingerprint density at radius 3 is 2.55 bits per heavy atom. The summed E-state index contributed by atoms with van der Waals surface area (Å²) in [6.45, 7) is 0. The largest absolute Gasteiger partial charge is 0.367 e. The number of hydrogen-bond donors (Lipinski definition) is 1. The van der Waals surface area contributed by atoms with Crippen LogP contribution in [0.15, 0.2) is 53.0 Å². The minimum Gasteiger partial charge on any atom is -0.367 e. The summed E-state index contributed by atoms with van der Waals surface area (Å²) in [5.41, 5.74) is 0.834. The molecule has 2 aromatic rings. The summed E-state index contributed by atoms with van der Waals surface area (Å²) in [5, 5.41) is 2.53. The summed E-state index contributed by atoms with van der Waals surface area (Å²) in [6.07, 6.45) is -0.778. The van der Waals surface area contributed by atoms with Crippen LogP contribution in [0.2, 0.25) is 0 Å². The van der Waals surface area contributed by atoms with E-state index in [-0.39, 0.29) is 5.69 Å². The van der Waals surface area contributed by atoms with Gasteiger partial charge in [0.05, 0.1) is 5.69 Å². The van der Waals surface area contributed by atoms with Crippen LogP contribution in [-0.4, -0.2) is 13.0 Å². The Hall–Kier alpha value is -1.72. The lowest BCUT2D eigenvalue weighted by Gasteiger charge is -2.16. The average Bonchev–Trinajstić information content (AvgIpc) is 2.44. The van der Waals surface area contributed by atoms with E-state index in [2.05, 4.69) is 21.2 Å². The molecule has 0 aromatic heterocycles. The van der Waals surface area contributed by atoms with Crippen molar-refractivity contribution in [2.45, 2.75) is 6.10 Å². The zero-order valence-electron chi connectivity index (χ0n) is 10.8. The fourth-order valence-corrected chi connectivity index (χ4v) is 2.14. The number of halogens is 2. The van der Waals surface area contributed by atoms with Crippen molar-refractivity contribution in [2.75, 3.05) is 12.4 Å². The highest BCUT2D eigenvalue weighted by molar-refractivity contribution is 9.10. The molecular formula is C15H13BrFNO2. The molecule has 5 heteroatoms.